The topological polar surface area (TPSA) is 81.5 Å². The summed E-state index contributed by atoms with van der Waals surface area (Å²) in [5, 5.41) is 13.7. The smallest absolute Gasteiger partial charge is 0.340 e. The first-order chi connectivity index (χ1) is 9.51. The molecule has 0 atom stereocenters. The molecule has 0 aliphatic carbocycles. The Morgan fingerprint density at radius 3 is 2.80 bits per heavy atom. The van der Waals surface area contributed by atoms with E-state index < -0.39 is 22.4 Å². The molecule has 0 saturated heterocycles. The van der Waals surface area contributed by atoms with Crippen LogP contribution in [0.15, 0.2) is 12.1 Å². The molecule has 1 rings (SSSR count). The first-order valence-electron chi connectivity index (χ1n) is 5.80. The number of carbonyl (C=O) groups excluding carboxylic acids is 1. The van der Waals surface area contributed by atoms with Gasteiger partial charge in [0.25, 0.3) is 5.69 Å². The van der Waals surface area contributed by atoms with Crippen LogP contribution in [0.3, 0.4) is 0 Å². The van der Waals surface area contributed by atoms with E-state index in [0.717, 1.165) is 31.4 Å². The van der Waals surface area contributed by atoms with Gasteiger partial charge in [-0.2, -0.15) is 11.8 Å². The van der Waals surface area contributed by atoms with Crippen molar-refractivity contribution < 1.29 is 18.8 Å². The molecule has 110 valence electrons. The Labute approximate surface area is 119 Å². The number of benzene rings is 1. The molecule has 0 saturated carbocycles. The second-order valence-corrected chi connectivity index (χ2v) is 4.86. The summed E-state index contributed by atoms with van der Waals surface area (Å²) in [6.45, 7) is 0.494. The lowest BCUT2D eigenvalue weighted by atomic mass is 10.1. The highest BCUT2D eigenvalue weighted by atomic mass is 32.2. The number of nitro groups is 1. The molecule has 1 aromatic carbocycles. The second-order valence-electron chi connectivity index (χ2n) is 3.87. The molecule has 0 unspecified atom stereocenters. The minimum absolute atomic E-state index is 0.109. The molecule has 1 aromatic rings. The average Bonchev–Trinajstić information content (AvgIpc) is 2.43. The van der Waals surface area contributed by atoms with E-state index in [9.17, 15) is 19.3 Å². The third kappa shape index (κ3) is 4.09. The lowest BCUT2D eigenvalue weighted by Gasteiger charge is -2.09. The molecular formula is C12H15FN2O4S. The molecule has 20 heavy (non-hydrogen) atoms. The van der Waals surface area contributed by atoms with Crippen molar-refractivity contribution in [3.63, 3.8) is 0 Å². The highest BCUT2D eigenvalue weighted by Crippen LogP contribution is 2.28. The molecule has 0 bridgehead atoms. The van der Waals surface area contributed by atoms with Crippen LogP contribution in [0.1, 0.15) is 16.8 Å². The van der Waals surface area contributed by atoms with Crippen molar-refractivity contribution >= 4 is 29.1 Å². The summed E-state index contributed by atoms with van der Waals surface area (Å²) in [6.07, 6.45) is 2.75. The average molecular weight is 302 g/mol. The minimum atomic E-state index is -0.974. The number of thioether (sulfide) groups is 1. The lowest BCUT2D eigenvalue weighted by molar-refractivity contribution is -0.384. The molecule has 0 heterocycles. The summed E-state index contributed by atoms with van der Waals surface area (Å²) in [6, 6.07) is 1.83. The van der Waals surface area contributed by atoms with Gasteiger partial charge in [0.2, 0.25) is 0 Å². The van der Waals surface area contributed by atoms with Crippen LogP contribution in [0.5, 0.6) is 0 Å². The van der Waals surface area contributed by atoms with Crippen LogP contribution in [0, 0.1) is 15.9 Å². The summed E-state index contributed by atoms with van der Waals surface area (Å²) in [7, 11) is 1.12. The van der Waals surface area contributed by atoms with Crippen LogP contribution in [-0.2, 0) is 4.74 Å². The molecule has 0 aliphatic heterocycles. The van der Waals surface area contributed by atoms with Crippen molar-refractivity contribution in [2.45, 2.75) is 6.42 Å². The fourth-order valence-corrected chi connectivity index (χ4v) is 1.99. The quantitative estimate of drug-likeness (QED) is 0.361. The molecule has 0 amide bonds. The van der Waals surface area contributed by atoms with Gasteiger partial charge in [0.15, 0.2) is 0 Å². The Balaban J connectivity index is 3.04. The zero-order valence-electron chi connectivity index (χ0n) is 11.1. The number of methoxy groups -OCH3 is 1. The van der Waals surface area contributed by atoms with Gasteiger partial charge in [-0.05, 0) is 24.5 Å². The first kappa shape index (κ1) is 16.2. The number of anilines is 1. The maximum absolute atomic E-state index is 13.6. The number of nitrogens with one attached hydrogen (secondary N) is 1. The van der Waals surface area contributed by atoms with E-state index in [0.29, 0.717) is 6.54 Å². The zero-order valence-corrected chi connectivity index (χ0v) is 12.0. The van der Waals surface area contributed by atoms with Gasteiger partial charge in [0.05, 0.1) is 23.7 Å². The molecule has 0 aromatic heterocycles. The van der Waals surface area contributed by atoms with Crippen LogP contribution in [0.4, 0.5) is 15.8 Å². The molecule has 0 spiro atoms. The largest absolute Gasteiger partial charge is 0.465 e. The monoisotopic (exact) mass is 302 g/mol. The van der Waals surface area contributed by atoms with Crippen molar-refractivity contribution in [3.8, 4) is 0 Å². The minimum Gasteiger partial charge on any atom is -0.465 e. The maximum atomic E-state index is 13.6. The molecule has 1 N–H and O–H groups in total. The molecular weight excluding hydrogens is 287 g/mol. The van der Waals surface area contributed by atoms with E-state index in [4.69, 9.17) is 0 Å². The van der Waals surface area contributed by atoms with Crippen molar-refractivity contribution in [2.24, 2.45) is 0 Å². The Kier molecular flexibility index (Phi) is 6.23. The number of ether oxygens (including phenoxy) is 1. The normalized spacial score (nSPS) is 10.2. The third-order valence-electron chi connectivity index (χ3n) is 2.53. The number of hydrogen-bond donors (Lipinski definition) is 1. The van der Waals surface area contributed by atoms with Crippen molar-refractivity contribution in [3.05, 3.63) is 33.6 Å². The van der Waals surface area contributed by atoms with Gasteiger partial charge in [-0.25, -0.2) is 9.18 Å². The number of esters is 1. The van der Waals surface area contributed by atoms with E-state index in [2.05, 4.69) is 10.1 Å². The highest BCUT2D eigenvalue weighted by Gasteiger charge is 2.22. The van der Waals surface area contributed by atoms with Crippen molar-refractivity contribution in [1.29, 1.82) is 0 Å². The van der Waals surface area contributed by atoms with E-state index in [1.807, 2.05) is 6.26 Å². The van der Waals surface area contributed by atoms with E-state index >= 15 is 0 Å². The fourth-order valence-electron chi connectivity index (χ4n) is 1.56. The summed E-state index contributed by atoms with van der Waals surface area (Å²) in [4.78, 5) is 21.6. The Hall–Kier alpha value is -1.83. The Morgan fingerprint density at radius 1 is 1.55 bits per heavy atom. The van der Waals surface area contributed by atoms with Crippen molar-refractivity contribution in [2.75, 3.05) is 31.0 Å². The van der Waals surface area contributed by atoms with Crippen LogP contribution >= 0.6 is 11.8 Å². The Bertz CT molecular complexity index is 510. The number of nitro benzene ring substituents is 1. The van der Waals surface area contributed by atoms with E-state index in [1.165, 1.54) is 0 Å². The predicted molar refractivity (Wildman–Crippen MR) is 75.9 cm³/mol. The van der Waals surface area contributed by atoms with Gasteiger partial charge in [-0.3, -0.25) is 10.1 Å². The summed E-state index contributed by atoms with van der Waals surface area (Å²) in [5.41, 5.74) is -0.623. The van der Waals surface area contributed by atoms with E-state index in [-0.39, 0.29) is 11.3 Å². The van der Waals surface area contributed by atoms with Crippen molar-refractivity contribution in [1.82, 2.24) is 0 Å². The van der Waals surface area contributed by atoms with Crippen LogP contribution < -0.4 is 5.32 Å². The van der Waals surface area contributed by atoms with Crippen LogP contribution in [0.25, 0.3) is 0 Å². The number of halogens is 1. The van der Waals surface area contributed by atoms with Gasteiger partial charge >= 0.3 is 5.97 Å². The van der Waals surface area contributed by atoms with E-state index in [1.54, 1.807) is 11.8 Å². The fraction of sp³-hybridized carbons (Fsp3) is 0.417. The van der Waals surface area contributed by atoms with Crippen LogP contribution in [-0.4, -0.2) is 36.6 Å². The van der Waals surface area contributed by atoms with Gasteiger partial charge in [-0.15, -0.1) is 0 Å². The van der Waals surface area contributed by atoms with Gasteiger partial charge < -0.3 is 10.1 Å². The number of hydrogen-bond acceptors (Lipinski definition) is 6. The van der Waals surface area contributed by atoms with Crippen LogP contribution in [0.2, 0.25) is 0 Å². The molecule has 0 radical (unpaired) electrons. The molecule has 0 aliphatic rings. The molecule has 0 fully saturated rings. The molecule has 8 heteroatoms. The summed E-state index contributed by atoms with van der Waals surface area (Å²) >= 11 is 1.65. The van der Waals surface area contributed by atoms with Gasteiger partial charge in [-0.1, -0.05) is 0 Å². The molecule has 6 nitrogen and oxygen atoms in total. The summed E-state index contributed by atoms with van der Waals surface area (Å²) in [5.74, 6) is -0.950. The number of carbonyl (C=O) groups is 1. The first-order valence-corrected chi connectivity index (χ1v) is 7.19. The Morgan fingerprint density at radius 2 is 2.25 bits per heavy atom. The lowest BCUT2D eigenvalue weighted by Crippen LogP contribution is -2.10. The predicted octanol–water partition coefficient (Wildman–Crippen LogP) is 2.69. The standard InChI is InChI=1S/C12H15FN2O4S/c1-19-12(16)8-6-10(14-4-3-5-20-2)11(15(17)18)7-9(8)13/h6-7,14H,3-5H2,1-2H3. The third-order valence-corrected chi connectivity index (χ3v) is 3.22. The number of rotatable bonds is 7. The van der Waals surface area contributed by atoms with Gasteiger partial charge in [0.1, 0.15) is 11.5 Å². The number of nitrogens with zero attached hydrogens (tertiary/aromatic N) is 1. The summed E-state index contributed by atoms with van der Waals surface area (Å²) < 4.78 is 18.1. The highest BCUT2D eigenvalue weighted by molar-refractivity contribution is 7.98. The second kappa shape index (κ2) is 7.68. The SMILES string of the molecule is COC(=O)c1cc(NCCCSC)c([N+](=O)[O-])cc1F. The zero-order chi connectivity index (χ0) is 15.1. The maximum Gasteiger partial charge on any atom is 0.340 e. The van der Waals surface area contributed by atoms with Gasteiger partial charge in [0, 0.05) is 6.54 Å².